The van der Waals surface area contributed by atoms with E-state index in [0.29, 0.717) is 25.4 Å². The second-order valence-electron chi connectivity index (χ2n) is 7.07. The number of methoxy groups -OCH3 is 1. The molecule has 2 rings (SSSR count). The van der Waals surface area contributed by atoms with E-state index in [-0.39, 0.29) is 5.41 Å². The maximum absolute atomic E-state index is 11.5. The molecule has 0 unspecified atom stereocenters. The zero-order chi connectivity index (χ0) is 16.9. The Labute approximate surface area is 137 Å². The van der Waals surface area contributed by atoms with Gasteiger partial charge in [0.2, 0.25) is 5.89 Å². The number of carbonyl (C=O) groups is 1. The summed E-state index contributed by atoms with van der Waals surface area (Å²) >= 11 is 0. The third-order valence-corrected chi connectivity index (χ3v) is 3.81. The number of amides is 1. The molecule has 1 aromatic heterocycles. The monoisotopic (exact) mass is 325 g/mol. The van der Waals surface area contributed by atoms with Crippen molar-refractivity contribution in [3.63, 3.8) is 0 Å². The quantitative estimate of drug-likeness (QED) is 0.739. The first-order valence-electron chi connectivity index (χ1n) is 8.13. The van der Waals surface area contributed by atoms with E-state index < -0.39 is 11.7 Å². The van der Waals surface area contributed by atoms with Crippen LogP contribution in [0.25, 0.3) is 0 Å². The molecule has 1 aliphatic rings. The fraction of sp³-hybridized carbons (Fsp3) is 0.812. The lowest BCUT2D eigenvalue weighted by atomic mass is 10.0. The van der Waals surface area contributed by atoms with Crippen molar-refractivity contribution in [2.45, 2.75) is 63.9 Å². The van der Waals surface area contributed by atoms with Crippen LogP contribution in [0.5, 0.6) is 0 Å². The van der Waals surface area contributed by atoms with Crippen molar-refractivity contribution >= 4 is 6.09 Å². The summed E-state index contributed by atoms with van der Waals surface area (Å²) in [5.41, 5.74) is -0.441. The van der Waals surface area contributed by atoms with Crippen molar-refractivity contribution in [3.05, 3.63) is 11.7 Å². The lowest BCUT2D eigenvalue weighted by molar-refractivity contribution is 0.0527. The zero-order valence-corrected chi connectivity index (χ0v) is 14.5. The second-order valence-corrected chi connectivity index (χ2v) is 7.07. The van der Waals surface area contributed by atoms with E-state index in [1.165, 1.54) is 0 Å². The number of aryl methyl sites for hydroxylation is 1. The molecule has 23 heavy (non-hydrogen) atoms. The van der Waals surface area contributed by atoms with E-state index in [4.69, 9.17) is 14.0 Å². The Kier molecular flexibility index (Phi) is 5.62. The van der Waals surface area contributed by atoms with Crippen LogP contribution in [-0.4, -0.2) is 42.1 Å². The summed E-state index contributed by atoms with van der Waals surface area (Å²) in [6.45, 7) is 6.74. The molecule has 0 atom stereocenters. The molecule has 7 heteroatoms. The van der Waals surface area contributed by atoms with Gasteiger partial charge in [-0.3, -0.25) is 0 Å². The van der Waals surface area contributed by atoms with Gasteiger partial charge in [-0.1, -0.05) is 5.16 Å². The predicted octanol–water partition coefficient (Wildman–Crippen LogP) is 2.60. The van der Waals surface area contributed by atoms with Crippen LogP contribution < -0.4 is 5.32 Å². The van der Waals surface area contributed by atoms with Gasteiger partial charge in [0, 0.05) is 26.7 Å². The van der Waals surface area contributed by atoms with Gasteiger partial charge < -0.3 is 19.3 Å². The molecule has 0 aromatic carbocycles. The van der Waals surface area contributed by atoms with Crippen molar-refractivity contribution < 1.29 is 18.8 Å². The average molecular weight is 325 g/mol. The van der Waals surface area contributed by atoms with Crippen LogP contribution in [0.1, 0.15) is 58.2 Å². The molecule has 1 aromatic rings. The molecular weight excluding hydrogens is 298 g/mol. The third-order valence-electron chi connectivity index (χ3n) is 3.81. The number of nitrogens with zero attached hydrogens (tertiary/aromatic N) is 2. The minimum atomic E-state index is -0.479. The van der Waals surface area contributed by atoms with Crippen LogP contribution in [0.15, 0.2) is 4.52 Å². The van der Waals surface area contributed by atoms with Crippen LogP contribution in [0.4, 0.5) is 4.79 Å². The summed E-state index contributed by atoms with van der Waals surface area (Å²) in [6.07, 6.45) is 4.09. The number of aromatic nitrogens is 2. The molecule has 130 valence electrons. The van der Waals surface area contributed by atoms with Crippen LogP contribution in [0, 0.1) is 0 Å². The summed E-state index contributed by atoms with van der Waals surface area (Å²) in [7, 11) is 1.70. The number of hydrogen-bond acceptors (Lipinski definition) is 6. The number of ether oxygens (including phenoxy) is 2. The Morgan fingerprint density at radius 1 is 1.39 bits per heavy atom. The highest BCUT2D eigenvalue weighted by molar-refractivity contribution is 5.67. The Hall–Kier alpha value is -1.63. The van der Waals surface area contributed by atoms with Gasteiger partial charge in [-0.05, 0) is 46.5 Å². The first-order valence-corrected chi connectivity index (χ1v) is 8.13. The van der Waals surface area contributed by atoms with E-state index in [1.54, 1.807) is 7.11 Å². The first kappa shape index (κ1) is 17.7. The van der Waals surface area contributed by atoms with Crippen molar-refractivity contribution in [3.8, 4) is 0 Å². The predicted molar refractivity (Wildman–Crippen MR) is 84.3 cm³/mol. The van der Waals surface area contributed by atoms with Gasteiger partial charge >= 0.3 is 6.09 Å². The fourth-order valence-electron chi connectivity index (χ4n) is 2.34. The van der Waals surface area contributed by atoms with Crippen LogP contribution in [0.2, 0.25) is 0 Å². The third kappa shape index (κ3) is 5.49. The number of rotatable bonds is 8. The van der Waals surface area contributed by atoms with Gasteiger partial charge in [0.15, 0.2) is 5.82 Å². The van der Waals surface area contributed by atoms with Gasteiger partial charge in [0.25, 0.3) is 0 Å². The number of nitrogens with one attached hydrogen (secondary N) is 1. The van der Waals surface area contributed by atoms with Gasteiger partial charge in [-0.15, -0.1) is 0 Å². The summed E-state index contributed by atoms with van der Waals surface area (Å²) in [6, 6.07) is 0. The molecule has 7 nitrogen and oxygen atoms in total. The van der Waals surface area contributed by atoms with Gasteiger partial charge in [-0.2, -0.15) is 4.98 Å². The molecule has 0 bridgehead atoms. The largest absolute Gasteiger partial charge is 0.444 e. The SMILES string of the molecule is COCCC1(c2nc(CCCNC(=O)OC(C)(C)C)no2)CC1. The van der Waals surface area contributed by atoms with Gasteiger partial charge in [0.1, 0.15) is 5.60 Å². The smallest absolute Gasteiger partial charge is 0.407 e. The van der Waals surface area contributed by atoms with Crippen LogP contribution >= 0.6 is 0 Å². The van der Waals surface area contributed by atoms with E-state index in [9.17, 15) is 4.79 Å². The van der Waals surface area contributed by atoms with E-state index in [0.717, 1.165) is 31.6 Å². The molecule has 0 radical (unpaired) electrons. The van der Waals surface area contributed by atoms with E-state index in [1.807, 2.05) is 20.8 Å². The van der Waals surface area contributed by atoms with Crippen molar-refractivity contribution in [1.29, 1.82) is 0 Å². The lowest BCUT2D eigenvalue weighted by Gasteiger charge is -2.19. The topological polar surface area (TPSA) is 86.5 Å². The van der Waals surface area contributed by atoms with Crippen LogP contribution in [0.3, 0.4) is 0 Å². The highest BCUT2D eigenvalue weighted by atomic mass is 16.6. The second kappa shape index (κ2) is 7.29. The summed E-state index contributed by atoms with van der Waals surface area (Å²) in [4.78, 5) is 16.0. The molecule has 0 saturated heterocycles. The molecule has 1 amide bonds. The molecule has 1 fully saturated rings. The maximum Gasteiger partial charge on any atom is 0.407 e. The maximum atomic E-state index is 11.5. The average Bonchev–Trinajstić information content (AvgIpc) is 3.10. The highest BCUT2D eigenvalue weighted by Crippen LogP contribution is 2.50. The lowest BCUT2D eigenvalue weighted by Crippen LogP contribution is -2.33. The number of carbonyl (C=O) groups excluding carboxylic acids is 1. The molecule has 1 heterocycles. The Bertz CT molecular complexity index is 518. The Morgan fingerprint density at radius 2 is 2.13 bits per heavy atom. The molecule has 0 spiro atoms. The molecule has 1 saturated carbocycles. The van der Waals surface area contributed by atoms with Gasteiger partial charge in [0.05, 0.1) is 5.41 Å². The highest BCUT2D eigenvalue weighted by Gasteiger charge is 2.48. The summed E-state index contributed by atoms with van der Waals surface area (Å²) < 4.78 is 15.7. The summed E-state index contributed by atoms with van der Waals surface area (Å²) in [5, 5.41) is 6.76. The molecule has 1 aliphatic carbocycles. The molecule has 0 aliphatic heterocycles. The fourth-order valence-corrected chi connectivity index (χ4v) is 2.34. The first-order chi connectivity index (χ1) is 10.8. The van der Waals surface area contributed by atoms with Crippen molar-refractivity contribution in [2.24, 2.45) is 0 Å². The zero-order valence-electron chi connectivity index (χ0n) is 14.5. The normalized spacial score (nSPS) is 16.2. The molecule has 1 N–H and O–H groups in total. The standard InChI is InChI=1S/C16H27N3O4/c1-15(2,3)22-14(20)17-10-5-6-12-18-13(23-19-12)16(7-8-16)9-11-21-4/h5-11H2,1-4H3,(H,17,20). The molecular formula is C16H27N3O4. The van der Waals surface area contributed by atoms with Crippen LogP contribution in [-0.2, 0) is 21.3 Å². The van der Waals surface area contributed by atoms with Gasteiger partial charge in [-0.25, -0.2) is 4.79 Å². The van der Waals surface area contributed by atoms with Crippen molar-refractivity contribution in [1.82, 2.24) is 15.5 Å². The Morgan fingerprint density at radius 3 is 2.74 bits per heavy atom. The Balaban J connectivity index is 1.70. The van der Waals surface area contributed by atoms with Crippen molar-refractivity contribution in [2.75, 3.05) is 20.3 Å². The summed E-state index contributed by atoms with van der Waals surface area (Å²) in [5.74, 6) is 1.42. The minimum absolute atomic E-state index is 0.0377. The van der Waals surface area contributed by atoms with E-state index in [2.05, 4.69) is 15.5 Å². The van der Waals surface area contributed by atoms with E-state index >= 15 is 0 Å². The minimum Gasteiger partial charge on any atom is -0.444 e. The number of hydrogen-bond donors (Lipinski definition) is 1. The number of alkyl carbamates (subject to hydrolysis) is 1.